The van der Waals surface area contributed by atoms with E-state index in [1.165, 1.54) is 0 Å². The Labute approximate surface area is 114 Å². The zero-order valence-electron chi connectivity index (χ0n) is 11.7. The fourth-order valence-corrected chi connectivity index (χ4v) is 1.77. The van der Waals surface area contributed by atoms with Gasteiger partial charge >= 0.3 is 0 Å². The molecule has 5 heteroatoms. The van der Waals surface area contributed by atoms with Crippen molar-refractivity contribution in [1.29, 1.82) is 0 Å². The molecule has 0 aliphatic carbocycles. The van der Waals surface area contributed by atoms with Gasteiger partial charge in [0.05, 0.1) is 6.54 Å². The van der Waals surface area contributed by atoms with Crippen LogP contribution in [0.5, 0.6) is 0 Å². The van der Waals surface area contributed by atoms with Crippen molar-refractivity contribution in [3.05, 3.63) is 35.4 Å². The average molecular weight is 263 g/mol. The molecule has 5 nitrogen and oxygen atoms in total. The third-order valence-electron chi connectivity index (χ3n) is 2.68. The molecule has 0 saturated carbocycles. The highest BCUT2D eigenvalue weighted by molar-refractivity contribution is 5.93. The monoisotopic (exact) mass is 263 g/mol. The Balaban J connectivity index is 2.53. The van der Waals surface area contributed by atoms with Gasteiger partial charge < -0.3 is 10.6 Å². The Morgan fingerprint density at radius 2 is 1.84 bits per heavy atom. The molecule has 0 aliphatic heterocycles. The quantitative estimate of drug-likeness (QED) is 0.790. The second kappa shape index (κ2) is 7.53. The van der Waals surface area contributed by atoms with Crippen molar-refractivity contribution >= 4 is 11.8 Å². The molecule has 2 amide bonds. The Kier molecular flexibility index (Phi) is 6.02. The highest BCUT2D eigenvalue weighted by Gasteiger charge is 2.07. The van der Waals surface area contributed by atoms with Gasteiger partial charge in [-0.2, -0.15) is 0 Å². The van der Waals surface area contributed by atoms with Crippen molar-refractivity contribution in [2.24, 2.45) is 0 Å². The van der Waals surface area contributed by atoms with Crippen molar-refractivity contribution in [1.82, 2.24) is 15.5 Å². The first-order chi connectivity index (χ1) is 9.06. The largest absolute Gasteiger partial charge is 0.355 e. The summed E-state index contributed by atoms with van der Waals surface area (Å²) in [6, 6.07) is 7.37. The molecule has 1 rings (SSSR count). The van der Waals surface area contributed by atoms with Gasteiger partial charge in [0.25, 0.3) is 5.91 Å². The fourth-order valence-electron chi connectivity index (χ4n) is 1.77. The number of carbonyl (C=O) groups is 2. The molecule has 0 aromatic heterocycles. The maximum atomic E-state index is 11.4. The molecule has 0 heterocycles. The van der Waals surface area contributed by atoms with E-state index in [9.17, 15) is 9.59 Å². The van der Waals surface area contributed by atoms with E-state index in [0.29, 0.717) is 25.2 Å². The lowest BCUT2D eigenvalue weighted by molar-refractivity contribution is -0.121. The number of hydrogen-bond acceptors (Lipinski definition) is 3. The van der Waals surface area contributed by atoms with Crippen LogP contribution in [-0.4, -0.2) is 43.9 Å². The van der Waals surface area contributed by atoms with Crippen molar-refractivity contribution in [3.63, 3.8) is 0 Å². The molecule has 0 atom stereocenters. The number of carbonyl (C=O) groups excluding carboxylic acids is 2. The summed E-state index contributed by atoms with van der Waals surface area (Å²) >= 11 is 0. The van der Waals surface area contributed by atoms with Gasteiger partial charge in [-0.3, -0.25) is 14.5 Å². The zero-order chi connectivity index (χ0) is 14.3. The van der Waals surface area contributed by atoms with Crippen LogP contribution in [0.3, 0.4) is 0 Å². The third kappa shape index (κ3) is 5.09. The van der Waals surface area contributed by atoms with Crippen LogP contribution >= 0.6 is 0 Å². The molecule has 0 spiro atoms. The minimum absolute atomic E-state index is 0.0204. The molecule has 0 bridgehead atoms. The van der Waals surface area contributed by atoms with Crippen LogP contribution in [0.2, 0.25) is 0 Å². The number of hydrogen-bond donors (Lipinski definition) is 2. The summed E-state index contributed by atoms with van der Waals surface area (Å²) in [7, 11) is 3.50. The summed E-state index contributed by atoms with van der Waals surface area (Å²) in [6.45, 7) is 3.58. The lowest BCUT2D eigenvalue weighted by atomic mass is 10.1. The summed E-state index contributed by atoms with van der Waals surface area (Å²) in [5.41, 5.74) is 1.71. The number of nitrogens with zero attached hydrogens (tertiary/aromatic N) is 1. The first kappa shape index (κ1) is 15.2. The number of rotatable bonds is 6. The Morgan fingerprint density at radius 1 is 1.21 bits per heavy atom. The number of amides is 2. The molecule has 0 radical (unpaired) electrons. The van der Waals surface area contributed by atoms with Gasteiger partial charge in [0, 0.05) is 25.7 Å². The normalized spacial score (nSPS) is 10.3. The van der Waals surface area contributed by atoms with Crippen molar-refractivity contribution in [3.8, 4) is 0 Å². The van der Waals surface area contributed by atoms with Gasteiger partial charge in [0.2, 0.25) is 5.91 Å². The lowest BCUT2D eigenvalue weighted by Crippen LogP contribution is -2.34. The van der Waals surface area contributed by atoms with E-state index in [0.717, 1.165) is 5.56 Å². The SMILES string of the molecule is CCNC(=O)CN(C)Cc1ccc(C(=O)NC)cc1. The second-order valence-corrected chi connectivity index (χ2v) is 4.40. The fraction of sp³-hybridized carbons (Fsp3) is 0.429. The third-order valence-corrected chi connectivity index (χ3v) is 2.68. The van der Waals surface area contributed by atoms with E-state index in [2.05, 4.69) is 10.6 Å². The number of likely N-dealkylation sites (N-methyl/N-ethyl adjacent to an activating group) is 2. The van der Waals surface area contributed by atoms with Crippen LogP contribution in [-0.2, 0) is 11.3 Å². The van der Waals surface area contributed by atoms with Gasteiger partial charge in [0.15, 0.2) is 0 Å². The van der Waals surface area contributed by atoms with Crippen molar-refractivity contribution in [2.75, 3.05) is 27.2 Å². The van der Waals surface area contributed by atoms with Gasteiger partial charge in [-0.25, -0.2) is 0 Å². The summed E-state index contributed by atoms with van der Waals surface area (Å²) in [4.78, 5) is 24.7. The molecule has 1 aromatic carbocycles. The molecule has 0 saturated heterocycles. The van der Waals surface area contributed by atoms with Gasteiger partial charge in [-0.05, 0) is 31.7 Å². The molecule has 2 N–H and O–H groups in total. The van der Waals surface area contributed by atoms with Crippen LogP contribution in [0, 0.1) is 0 Å². The molecule has 19 heavy (non-hydrogen) atoms. The molecular weight excluding hydrogens is 242 g/mol. The Bertz CT molecular complexity index is 429. The maximum absolute atomic E-state index is 11.4. The average Bonchev–Trinajstić information content (AvgIpc) is 2.38. The summed E-state index contributed by atoms with van der Waals surface area (Å²) in [5, 5.41) is 5.34. The second-order valence-electron chi connectivity index (χ2n) is 4.40. The molecule has 0 unspecified atom stereocenters. The minimum Gasteiger partial charge on any atom is -0.355 e. The smallest absolute Gasteiger partial charge is 0.251 e. The van der Waals surface area contributed by atoms with Crippen LogP contribution < -0.4 is 10.6 Å². The lowest BCUT2D eigenvalue weighted by Gasteiger charge is -2.16. The van der Waals surface area contributed by atoms with Crippen molar-refractivity contribution < 1.29 is 9.59 Å². The van der Waals surface area contributed by atoms with E-state index < -0.39 is 0 Å². The Morgan fingerprint density at radius 3 is 2.37 bits per heavy atom. The molecule has 104 valence electrons. The highest BCUT2D eigenvalue weighted by atomic mass is 16.2. The predicted octanol–water partition coefficient (Wildman–Crippen LogP) is 0.614. The topological polar surface area (TPSA) is 61.4 Å². The summed E-state index contributed by atoms with van der Waals surface area (Å²) < 4.78 is 0. The van der Waals surface area contributed by atoms with E-state index in [-0.39, 0.29) is 11.8 Å². The van der Waals surface area contributed by atoms with Crippen molar-refractivity contribution in [2.45, 2.75) is 13.5 Å². The van der Waals surface area contributed by atoms with E-state index in [1.54, 1.807) is 19.2 Å². The van der Waals surface area contributed by atoms with Crippen LogP contribution in [0.4, 0.5) is 0 Å². The predicted molar refractivity (Wildman–Crippen MR) is 74.8 cm³/mol. The van der Waals surface area contributed by atoms with E-state index >= 15 is 0 Å². The molecule has 1 aromatic rings. The first-order valence-corrected chi connectivity index (χ1v) is 6.33. The maximum Gasteiger partial charge on any atom is 0.251 e. The first-order valence-electron chi connectivity index (χ1n) is 6.33. The van der Waals surface area contributed by atoms with Crippen LogP contribution in [0.25, 0.3) is 0 Å². The molecule has 0 aliphatic rings. The van der Waals surface area contributed by atoms with Gasteiger partial charge in [-0.1, -0.05) is 12.1 Å². The van der Waals surface area contributed by atoms with Crippen LogP contribution in [0.1, 0.15) is 22.8 Å². The van der Waals surface area contributed by atoms with Gasteiger partial charge in [0.1, 0.15) is 0 Å². The van der Waals surface area contributed by atoms with E-state index in [4.69, 9.17) is 0 Å². The highest BCUT2D eigenvalue weighted by Crippen LogP contribution is 2.06. The van der Waals surface area contributed by atoms with Gasteiger partial charge in [-0.15, -0.1) is 0 Å². The van der Waals surface area contributed by atoms with E-state index in [1.807, 2.05) is 31.0 Å². The zero-order valence-corrected chi connectivity index (χ0v) is 11.7. The minimum atomic E-state index is -0.0952. The standard InChI is InChI=1S/C14H21N3O2/c1-4-16-13(18)10-17(3)9-11-5-7-12(8-6-11)14(19)15-2/h5-8H,4,9-10H2,1-3H3,(H,15,19)(H,16,18). The molecule has 0 fully saturated rings. The van der Waals surface area contributed by atoms with Crippen LogP contribution in [0.15, 0.2) is 24.3 Å². The Hall–Kier alpha value is -1.88. The summed E-state index contributed by atoms with van der Waals surface area (Å²) in [6.07, 6.45) is 0. The number of benzene rings is 1. The summed E-state index contributed by atoms with van der Waals surface area (Å²) in [5.74, 6) is -0.0748. The molecular formula is C14H21N3O2. The number of nitrogens with one attached hydrogen (secondary N) is 2.